The van der Waals surface area contributed by atoms with Crippen LogP contribution in [0.25, 0.3) is 10.9 Å². The standard InChI is InChI=1S/C18H18N2/c1-13-15-9-5-6-10-16(15)20-12-11-19-17(18(13)20)14-7-3-2-4-8-14/h2-10,17,19H,11-12H2,1H3. The second-order valence-electron chi connectivity index (χ2n) is 5.48. The molecule has 0 fully saturated rings. The minimum atomic E-state index is 0.303. The number of aromatic nitrogens is 1. The second kappa shape index (κ2) is 4.50. The molecule has 0 saturated carbocycles. The van der Waals surface area contributed by atoms with E-state index >= 15 is 0 Å². The summed E-state index contributed by atoms with van der Waals surface area (Å²) in [5.41, 5.74) is 5.53. The largest absolute Gasteiger partial charge is 0.341 e. The molecule has 0 amide bonds. The van der Waals surface area contributed by atoms with Gasteiger partial charge >= 0.3 is 0 Å². The highest BCUT2D eigenvalue weighted by Crippen LogP contribution is 2.34. The third kappa shape index (κ3) is 1.61. The fourth-order valence-corrected chi connectivity index (χ4v) is 3.45. The Labute approximate surface area is 119 Å². The van der Waals surface area contributed by atoms with Gasteiger partial charge in [0.25, 0.3) is 0 Å². The molecule has 2 nitrogen and oxygen atoms in total. The number of aryl methyl sites for hydroxylation is 1. The Morgan fingerprint density at radius 3 is 2.60 bits per heavy atom. The van der Waals surface area contributed by atoms with Crippen molar-refractivity contribution in [3.63, 3.8) is 0 Å². The SMILES string of the molecule is Cc1c2n(c3ccccc13)CCNC2c1ccccc1. The van der Waals surface area contributed by atoms with Gasteiger partial charge in [0, 0.05) is 29.7 Å². The molecule has 2 aromatic carbocycles. The van der Waals surface area contributed by atoms with E-state index in [9.17, 15) is 0 Å². The summed E-state index contributed by atoms with van der Waals surface area (Å²) in [6.07, 6.45) is 0. The van der Waals surface area contributed by atoms with Gasteiger partial charge in [-0.2, -0.15) is 0 Å². The predicted octanol–water partition coefficient (Wildman–Crippen LogP) is 3.64. The fraction of sp³-hybridized carbons (Fsp3) is 0.222. The minimum Gasteiger partial charge on any atom is -0.341 e. The maximum absolute atomic E-state index is 3.67. The smallest absolute Gasteiger partial charge is 0.0734 e. The van der Waals surface area contributed by atoms with Crippen molar-refractivity contribution in [2.75, 3.05) is 6.54 Å². The molecule has 0 spiro atoms. The second-order valence-corrected chi connectivity index (χ2v) is 5.48. The lowest BCUT2D eigenvalue weighted by Crippen LogP contribution is -2.34. The maximum Gasteiger partial charge on any atom is 0.0734 e. The van der Waals surface area contributed by atoms with Gasteiger partial charge in [-0.3, -0.25) is 0 Å². The van der Waals surface area contributed by atoms with E-state index < -0.39 is 0 Å². The van der Waals surface area contributed by atoms with Crippen molar-refractivity contribution in [3.05, 3.63) is 71.4 Å². The highest BCUT2D eigenvalue weighted by Gasteiger charge is 2.25. The molecule has 1 unspecified atom stereocenters. The van der Waals surface area contributed by atoms with Crippen molar-refractivity contribution >= 4 is 10.9 Å². The molecule has 1 aliphatic heterocycles. The van der Waals surface area contributed by atoms with Crippen LogP contribution in [0.2, 0.25) is 0 Å². The summed E-state index contributed by atoms with van der Waals surface area (Å²) in [5.74, 6) is 0. The molecular formula is C18H18N2. The van der Waals surface area contributed by atoms with Crippen LogP contribution in [-0.2, 0) is 6.54 Å². The van der Waals surface area contributed by atoms with Crippen molar-refractivity contribution in [1.29, 1.82) is 0 Å². The number of benzene rings is 2. The van der Waals surface area contributed by atoms with Gasteiger partial charge in [0.2, 0.25) is 0 Å². The highest BCUT2D eigenvalue weighted by molar-refractivity contribution is 5.85. The molecule has 0 aliphatic carbocycles. The Kier molecular flexibility index (Phi) is 2.64. The van der Waals surface area contributed by atoms with Crippen molar-refractivity contribution in [1.82, 2.24) is 9.88 Å². The monoisotopic (exact) mass is 262 g/mol. The number of para-hydroxylation sites is 1. The lowest BCUT2D eigenvalue weighted by atomic mass is 9.99. The van der Waals surface area contributed by atoms with E-state index in [1.807, 2.05) is 0 Å². The summed E-state index contributed by atoms with van der Waals surface area (Å²) in [7, 11) is 0. The first kappa shape index (κ1) is 11.7. The van der Waals surface area contributed by atoms with Crippen molar-refractivity contribution in [3.8, 4) is 0 Å². The molecule has 1 atom stereocenters. The molecule has 2 heterocycles. The average Bonchev–Trinajstić information content (AvgIpc) is 2.82. The van der Waals surface area contributed by atoms with Gasteiger partial charge in [-0.15, -0.1) is 0 Å². The molecule has 0 radical (unpaired) electrons. The van der Waals surface area contributed by atoms with E-state index in [-0.39, 0.29) is 0 Å². The molecule has 1 N–H and O–H groups in total. The van der Waals surface area contributed by atoms with E-state index in [1.165, 1.54) is 27.7 Å². The fourth-order valence-electron chi connectivity index (χ4n) is 3.45. The quantitative estimate of drug-likeness (QED) is 0.708. The van der Waals surface area contributed by atoms with Crippen LogP contribution in [0.4, 0.5) is 0 Å². The zero-order chi connectivity index (χ0) is 13.5. The summed E-state index contributed by atoms with van der Waals surface area (Å²) < 4.78 is 2.48. The van der Waals surface area contributed by atoms with Gasteiger partial charge in [-0.1, -0.05) is 48.5 Å². The molecule has 4 rings (SSSR count). The van der Waals surface area contributed by atoms with Gasteiger partial charge in [0.15, 0.2) is 0 Å². The van der Waals surface area contributed by atoms with Crippen molar-refractivity contribution < 1.29 is 0 Å². The summed E-state index contributed by atoms with van der Waals surface area (Å²) in [4.78, 5) is 0. The molecule has 100 valence electrons. The highest BCUT2D eigenvalue weighted by atomic mass is 15.1. The van der Waals surface area contributed by atoms with Crippen LogP contribution >= 0.6 is 0 Å². The van der Waals surface area contributed by atoms with Crippen LogP contribution in [0.15, 0.2) is 54.6 Å². The van der Waals surface area contributed by atoms with E-state index in [0.717, 1.165) is 13.1 Å². The summed E-state index contributed by atoms with van der Waals surface area (Å²) in [5, 5.41) is 5.05. The maximum atomic E-state index is 3.67. The number of hydrogen-bond donors (Lipinski definition) is 1. The van der Waals surface area contributed by atoms with Crippen LogP contribution in [0.3, 0.4) is 0 Å². The summed E-state index contributed by atoms with van der Waals surface area (Å²) >= 11 is 0. The molecule has 3 aromatic rings. The van der Waals surface area contributed by atoms with Crippen molar-refractivity contribution in [2.45, 2.75) is 19.5 Å². The summed E-state index contributed by atoms with van der Waals surface area (Å²) in [6, 6.07) is 19.8. The van der Waals surface area contributed by atoms with Gasteiger partial charge in [-0.05, 0) is 24.1 Å². The molecule has 0 saturated heterocycles. The Morgan fingerprint density at radius 2 is 1.75 bits per heavy atom. The molecular weight excluding hydrogens is 244 g/mol. The van der Waals surface area contributed by atoms with Crippen LogP contribution < -0.4 is 5.32 Å². The predicted molar refractivity (Wildman–Crippen MR) is 83.0 cm³/mol. The Hall–Kier alpha value is -2.06. The van der Waals surface area contributed by atoms with Crippen LogP contribution in [-0.4, -0.2) is 11.1 Å². The number of hydrogen-bond acceptors (Lipinski definition) is 1. The lowest BCUT2D eigenvalue weighted by molar-refractivity contribution is 0.473. The van der Waals surface area contributed by atoms with Gasteiger partial charge in [0.05, 0.1) is 6.04 Å². The molecule has 1 aromatic heterocycles. The average molecular weight is 262 g/mol. The molecule has 0 bridgehead atoms. The van der Waals surface area contributed by atoms with Gasteiger partial charge in [0.1, 0.15) is 0 Å². The minimum absolute atomic E-state index is 0.303. The van der Waals surface area contributed by atoms with Crippen LogP contribution in [0.5, 0.6) is 0 Å². The normalized spacial score (nSPS) is 18.1. The first-order valence-corrected chi connectivity index (χ1v) is 7.22. The zero-order valence-electron chi connectivity index (χ0n) is 11.6. The first-order valence-electron chi connectivity index (χ1n) is 7.22. The zero-order valence-corrected chi connectivity index (χ0v) is 11.6. The van der Waals surface area contributed by atoms with Gasteiger partial charge < -0.3 is 9.88 Å². The topological polar surface area (TPSA) is 17.0 Å². The Balaban J connectivity index is 1.97. The summed E-state index contributed by atoms with van der Waals surface area (Å²) in [6.45, 7) is 4.31. The third-order valence-electron chi connectivity index (χ3n) is 4.36. The Bertz CT molecular complexity index is 756. The number of fused-ring (bicyclic) bond motifs is 3. The van der Waals surface area contributed by atoms with Crippen LogP contribution in [0.1, 0.15) is 22.9 Å². The van der Waals surface area contributed by atoms with Crippen molar-refractivity contribution in [2.24, 2.45) is 0 Å². The van der Waals surface area contributed by atoms with Gasteiger partial charge in [-0.25, -0.2) is 0 Å². The van der Waals surface area contributed by atoms with E-state index in [0.29, 0.717) is 6.04 Å². The van der Waals surface area contributed by atoms with E-state index in [4.69, 9.17) is 0 Å². The number of rotatable bonds is 1. The van der Waals surface area contributed by atoms with E-state index in [2.05, 4.69) is 71.4 Å². The third-order valence-corrected chi connectivity index (χ3v) is 4.36. The van der Waals surface area contributed by atoms with Crippen LogP contribution in [0, 0.1) is 6.92 Å². The molecule has 1 aliphatic rings. The number of nitrogens with zero attached hydrogens (tertiary/aromatic N) is 1. The number of nitrogens with one attached hydrogen (secondary N) is 1. The molecule has 20 heavy (non-hydrogen) atoms. The lowest BCUT2D eigenvalue weighted by Gasteiger charge is -2.28. The first-order chi connectivity index (χ1) is 9.86. The van der Waals surface area contributed by atoms with E-state index in [1.54, 1.807) is 0 Å². The molecule has 2 heteroatoms. The Morgan fingerprint density at radius 1 is 1.00 bits per heavy atom.